The monoisotopic (exact) mass is 1050 g/mol. The summed E-state index contributed by atoms with van der Waals surface area (Å²) in [6, 6.07) is 6.62. The summed E-state index contributed by atoms with van der Waals surface area (Å²) < 4.78 is 29.1. The zero-order chi connectivity index (χ0) is 55.1. The molecule has 2 unspecified atom stereocenters. The second-order valence-corrected chi connectivity index (χ2v) is 21.8. The number of carbonyl (C=O) groups is 6. The number of cyclic esters (lactones) is 1. The summed E-state index contributed by atoms with van der Waals surface area (Å²) in [4.78, 5) is 86.1. The lowest BCUT2D eigenvalue weighted by Gasteiger charge is -2.43. The molecule has 416 valence electrons. The fraction of sp³-hybridized carbons (Fsp3) is 0.655. The summed E-state index contributed by atoms with van der Waals surface area (Å²) in [7, 11) is 2.90. The number of piperidine rings is 1. The number of amides is 2. The second-order valence-electron chi connectivity index (χ2n) is 21.8. The van der Waals surface area contributed by atoms with Crippen LogP contribution in [0.4, 0.5) is 4.79 Å². The molecule has 5 rings (SSSR count). The van der Waals surface area contributed by atoms with E-state index < -0.39 is 89.9 Å². The average Bonchev–Trinajstić information content (AvgIpc) is 3.39. The first-order valence-corrected chi connectivity index (χ1v) is 26.9. The van der Waals surface area contributed by atoms with E-state index in [-0.39, 0.29) is 74.3 Å². The Morgan fingerprint density at radius 2 is 1.60 bits per heavy atom. The minimum Gasteiger partial charge on any atom is -0.460 e. The highest BCUT2D eigenvalue weighted by Crippen LogP contribution is 2.38. The molecule has 2 bridgehead atoms. The van der Waals surface area contributed by atoms with Crippen molar-refractivity contribution in [1.29, 1.82) is 0 Å². The Hall–Kier alpha value is -4.88. The summed E-state index contributed by atoms with van der Waals surface area (Å²) >= 11 is 0. The van der Waals surface area contributed by atoms with E-state index in [0.29, 0.717) is 73.1 Å². The summed E-state index contributed by atoms with van der Waals surface area (Å²) in [6.45, 7) is 12.1. The molecule has 4 aliphatic rings. The number of rotatable bonds is 8. The van der Waals surface area contributed by atoms with Gasteiger partial charge in [0.05, 0.1) is 24.4 Å². The number of nitrogens with zero attached hydrogens (tertiary/aromatic N) is 2. The molecule has 75 heavy (non-hydrogen) atoms. The van der Waals surface area contributed by atoms with Crippen molar-refractivity contribution in [3.05, 3.63) is 83.5 Å². The number of methoxy groups -OCH3 is 2. The molecular weight excluding hydrogens is 965 g/mol. The smallest absolute Gasteiger partial charge is 0.434 e. The van der Waals surface area contributed by atoms with Crippen molar-refractivity contribution in [3.63, 3.8) is 0 Å². The summed E-state index contributed by atoms with van der Waals surface area (Å²) in [5.41, 5.74) is 1.53. The average molecular weight is 1050 g/mol. The van der Waals surface area contributed by atoms with Crippen LogP contribution in [0.1, 0.15) is 131 Å². The maximum absolute atomic E-state index is 14.5. The van der Waals surface area contributed by atoms with Crippen molar-refractivity contribution < 1.29 is 73.0 Å². The molecule has 1 aliphatic carbocycles. The number of fused-ring (bicyclic) bond motifs is 3. The number of benzene rings is 1. The van der Waals surface area contributed by atoms with Gasteiger partial charge in [-0.25, -0.2) is 9.59 Å². The maximum Gasteiger partial charge on any atom is 0.434 e. The van der Waals surface area contributed by atoms with Crippen LogP contribution < -0.4 is 0 Å². The van der Waals surface area contributed by atoms with E-state index in [1.807, 2.05) is 26.0 Å². The molecule has 0 aromatic heterocycles. The predicted molar refractivity (Wildman–Crippen MR) is 278 cm³/mol. The Morgan fingerprint density at radius 3 is 2.29 bits per heavy atom. The van der Waals surface area contributed by atoms with Crippen molar-refractivity contribution in [2.45, 2.75) is 187 Å². The molecule has 3 fully saturated rings. The molecule has 1 aromatic rings. The first-order chi connectivity index (χ1) is 35.6. The van der Waals surface area contributed by atoms with Gasteiger partial charge in [-0.1, -0.05) is 101 Å². The van der Waals surface area contributed by atoms with E-state index in [2.05, 4.69) is 0 Å². The minimum atomic E-state index is -2.64. The van der Waals surface area contributed by atoms with Crippen LogP contribution in [0.3, 0.4) is 0 Å². The number of carbonyl (C=O) groups excluding carboxylic acids is 6. The number of Topliss-reactive ketones (excluding diaryl/α,β-unsaturated/α-hetero) is 3. The van der Waals surface area contributed by atoms with E-state index in [0.717, 1.165) is 4.90 Å². The molecule has 4 N–H and O–H groups in total. The molecule has 2 saturated heterocycles. The molecule has 0 spiro atoms. The van der Waals surface area contributed by atoms with E-state index in [1.54, 1.807) is 96.4 Å². The quantitative estimate of drug-likeness (QED) is 0.0646. The van der Waals surface area contributed by atoms with Gasteiger partial charge in [-0.05, 0) is 113 Å². The zero-order valence-corrected chi connectivity index (χ0v) is 45.5. The first kappa shape index (κ1) is 61.0. The molecule has 17 heteroatoms. The van der Waals surface area contributed by atoms with Gasteiger partial charge in [0.2, 0.25) is 5.79 Å². The molecule has 0 radical (unpaired) electrons. The predicted octanol–water partition coefficient (Wildman–Crippen LogP) is 7.56. The number of aliphatic hydroxyl groups is 3. The van der Waals surface area contributed by atoms with Gasteiger partial charge in [0.25, 0.3) is 11.7 Å². The topological polar surface area (TPSA) is 236 Å². The molecule has 17 nitrogen and oxygen atoms in total. The largest absolute Gasteiger partial charge is 0.460 e. The third-order valence-electron chi connectivity index (χ3n) is 15.9. The number of ketones is 3. The SMILES string of the molecule is COC1C(=O)[C@H](C)C[C@H](C)/C=C/C=C/C=C(\C)C(N(O)C(=O)OCc2ccccc2)C[C@@H]2CC[C@@H](C)[C@@](O)(O2)C(=O)C(=O)N2CCCC[C@H]2C(=O)O[C@H]([C@H](C)C[C@@H]2CC[C@@H](O)[C@H](OC)C2)CC(=O)[C@H](C)/C=C(\C)[C@H]1O. The number of hydroxylamine groups is 2. The number of hydrogen-bond acceptors (Lipinski definition) is 15. The minimum absolute atomic E-state index is 0.00557. The van der Waals surface area contributed by atoms with E-state index in [1.165, 1.54) is 7.11 Å². The molecule has 2 amide bonds. The molecule has 1 aromatic carbocycles. The van der Waals surface area contributed by atoms with Crippen molar-refractivity contribution in [3.8, 4) is 0 Å². The highest BCUT2D eigenvalue weighted by molar-refractivity contribution is 6.39. The number of hydrogen-bond donors (Lipinski definition) is 4. The molecular formula is C58H84N2O15. The number of allylic oxidation sites excluding steroid dienone is 6. The lowest BCUT2D eigenvalue weighted by atomic mass is 9.78. The fourth-order valence-electron chi connectivity index (χ4n) is 11.1. The summed E-state index contributed by atoms with van der Waals surface area (Å²) in [5, 5.41) is 46.2. The lowest BCUT2D eigenvalue weighted by Crippen LogP contribution is -2.61. The van der Waals surface area contributed by atoms with E-state index in [4.69, 9.17) is 23.7 Å². The van der Waals surface area contributed by atoms with Gasteiger partial charge in [-0.3, -0.25) is 24.4 Å². The van der Waals surface area contributed by atoms with Crippen LogP contribution in [0, 0.1) is 35.5 Å². The van der Waals surface area contributed by atoms with Gasteiger partial charge in [-0.15, -0.1) is 0 Å². The molecule has 3 aliphatic heterocycles. The van der Waals surface area contributed by atoms with Crippen LogP contribution >= 0.6 is 0 Å². The van der Waals surface area contributed by atoms with Crippen LogP contribution in [0.15, 0.2) is 77.9 Å². The Labute approximate surface area is 443 Å². The second kappa shape index (κ2) is 28.5. The highest BCUT2D eigenvalue weighted by Gasteiger charge is 2.53. The van der Waals surface area contributed by atoms with Gasteiger partial charge in [0.1, 0.15) is 36.7 Å². The number of esters is 1. The standard InChI is InChI=1S/C58H84N2O15/c1-35-18-12-10-13-19-36(2)46(60(70)57(68)73-34-42-20-14-11-15-21-42)32-44-25-23-41(7)58(69,75-44)54(65)55(66)59-27-17-16-22-45(59)56(67)74-49(38(4)30-43-24-26-47(61)50(31-43)71-8)33-48(62)37(3)29-40(6)52(64)53(72-9)51(63)39(5)28-35/h10-15,18-21,29,35,37-39,41,43-47,49-50,52-53,61,64,69-70H,16-17,22-28,30-34H2,1-9H3/b13-10+,18-12+,36-19+,40-29+/t35-,37-,38-,39-,41-,43+,44+,45+,46?,47-,49+,50-,52-,53?,58-/m1/s1. The normalized spacial score (nSPS) is 36.4. The van der Waals surface area contributed by atoms with Crippen molar-refractivity contribution >= 4 is 35.3 Å². The van der Waals surface area contributed by atoms with Crippen LogP contribution in [0.2, 0.25) is 0 Å². The third kappa shape index (κ3) is 16.3. The van der Waals surface area contributed by atoms with Gasteiger partial charge < -0.3 is 43.9 Å². The van der Waals surface area contributed by atoms with Gasteiger partial charge in [0.15, 0.2) is 5.78 Å². The van der Waals surface area contributed by atoms with Gasteiger partial charge >= 0.3 is 12.1 Å². The van der Waals surface area contributed by atoms with Crippen LogP contribution in [-0.2, 0) is 54.3 Å². The van der Waals surface area contributed by atoms with Crippen LogP contribution in [0.5, 0.6) is 0 Å². The lowest BCUT2D eigenvalue weighted by molar-refractivity contribution is -0.266. The van der Waals surface area contributed by atoms with E-state index >= 15 is 0 Å². The fourth-order valence-corrected chi connectivity index (χ4v) is 11.1. The van der Waals surface area contributed by atoms with Crippen molar-refractivity contribution in [2.24, 2.45) is 35.5 Å². The van der Waals surface area contributed by atoms with Crippen LogP contribution in [-0.4, -0.2) is 141 Å². The van der Waals surface area contributed by atoms with Crippen LogP contribution in [0.25, 0.3) is 0 Å². The Kier molecular flexibility index (Phi) is 23.2. The molecule has 3 heterocycles. The number of aliphatic hydroxyl groups excluding tert-OH is 2. The van der Waals surface area contributed by atoms with Gasteiger partial charge in [0, 0.05) is 51.4 Å². The van der Waals surface area contributed by atoms with E-state index in [9.17, 15) is 49.3 Å². The molecule has 1 saturated carbocycles. The molecule has 15 atom stereocenters. The number of ether oxygens (including phenoxy) is 5. The maximum atomic E-state index is 14.5. The van der Waals surface area contributed by atoms with Crippen molar-refractivity contribution in [1.82, 2.24) is 9.96 Å². The van der Waals surface area contributed by atoms with Crippen molar-refractivity contribution in [2.75, 3.05) is 20.8 Å². The first-order valence-electron chi connectivity index (χ1n) is 26.9. The summed E-state index contributed by atoms with van der Waals surface area (Å²) in [6.07, 6.45) is 7.95. The highest BCUT2D eigenvalue weighted by atomic mass is 16.6. The zero-order valence-electron chi connectivity index (χ0n) is 45.5. The third-order valence-corrected chi connectivity index (χ3v) is 15.9. The summed E-state index contributed by atoms with van der Waals surface area (Å²) in [5.74, 6) is -9.04. The Bertz CT molecular complexity index is 2230. The Morgan fingerprint density at radius 1 is 0.880 bits per heavy atom. The Balaban J connectivity index is 1.50. The van der Waals surface area contributed by atoms with Gasteiger partial charge in [-0.2, -0.15) is 5.06 Å².